The minimum absolute atomic E-state index is 0.0448. The smallest absolute Gasteiger partial charge is 0.308 e. The maximum Gasteiger partial charge on any atom is 0.323 e. The Balaban J connectivity index is 1.64. The second-order valence-corrected chi connectivity index (χ2v) is 8.63. The Kier molecular flexibility index (Phi) is 7.26. The second-order valence-electron chi connectivity index (χ2n) is 8.20. The van der Waals surface area contributed by atoms with Gasteiger partial charge in [-0.25, -0.2) is 14.8 Å². The molecule has 2 aromatic carbocycles. The summed E-state index contributed by atoms with van der Waals surface area (Å²) in [6, 6.07) is 14.8. The third-order valence-corrected chi connectivity index (χ3v) is 5.77. The molecule has 0 saturated carbocycles. The van der Waals surface area contributed by atoms with E-state index in [0.717, 1.165) is 30.7 Å². The first kappa shape index (κ1) is 24.2. The number of nitrogens with zero attached hydrogens (tertiary/aromatic N) is 4. The zero-order chi connectivity index (χ0) is 24.9. The minimum atomic E-state index is -0.418. The molecule has 0 unspecified atom stereocenters. The number of urea groups is 1. The molecule has 9 nitrogen and oxygen atoms in total. The van der Waals surface area contributed by atoms with Gasteiger partial charge in [0.05, 0.1) is 22.8 Å². The quantitative estimate of drug-likeness (QED) is 0.220. The van der Waals surface area contributed by atoms with Crippen LogP contribution in [-0.2, 0) is 13.0 Å². The van der Waals surface area contributed by atoms with Crippen molar-refractivity contribution < 1.29 is 9.72 Å². The van der Waals surface area contributed by atoms with Gasteiger partial charge in [0.1, 0.15) is 11.3 Å². The number of aryl methyl sites for hydroxylation is 2. The van der Waals surface area contributed by atoms with Gasteiger partial charge in [-0.3, -0.25) is 10.1 Å². The highest BCUT2D eigenvalue weighted by Gasteiger charge is 2.17. The summed E-state index contributed by atoms with van der Waals surface area (Å²) in [6.45, 7) is 4.33. The fraction of sp³-hybridized carbons (Fsp3) is 0.240. The first-order chi connectivity index (χ1) is 16.8. The first-order valence-electron chi connectivity index (χ1n) is 11.3. The molecule has 2 aromatic heterocycles. The number of unbranched alkanes of at least 4 members (excludes halogenated alkanes) is 1. The number of aromatic nitrogens is 3. The molecule has 10 heteroatoms. The van der Waals surface area contributed by atoms with E-state index in [-0.39, 0.29) is 5.69 Å². The van der Waals surface area contributed by atoms with E-state index in [2.05, 4.69) is 17.6 Å². The number of pyridine rings is 1. The molecule has 0 radical (unpaired) electrons. The number of anilines is 2. The van der Waals surface area contributed by atoms with Gasteiger partial charge in [-0.15, -0.1) is 0 Å². The fourth-order valence-corrected chi connectivity index (χ4v) is 4.00. The number of rotatable bonds is 8. The molecule has 2 heterocycles. The zero-order valence-electron chi connectivity index (χ0n) is 19.4. The number of nitro groups is 1. The summed E-state index contributed by atoms with van der Waals surface area (Å²) in [6.07, 6.45) is 2.70. The topological polar surface area (TPSA) is 115 Å². The first-order valence-corrected chi connectivity index (χ1v) is 11.7. The van der Waals surface area contributed by atoms with Crippen LogP contribution >= 0.6 is 11.6 Å². The molecule has 0 bridgehead atoms. The van der Waals surface area contributed by atoms with Gasteiger partial charge in [0.2, 0.25) is 0 Å². The number of nitrogens with one attached hydrogen (secondary N) is 2. The maximum absolute atomic E-state index is 12.5. The minimum Gasteiger partial charge on any atom is -0.308 e. The van der Waals surface area contributed by atoms with Crippen molar-refractivity contribution in [3.8, 4) is 0 Å². The molecule has 180 valence electrons. The van der Waals surface area contributed by atoms with Crippen LogP contribution in [0.1, 0.15) is 36.8 Å². The molecular weight excluding hydrogens is 468 g/mol. The Morgan fingerprint density at radius 1 is 1.11 bits per heavy atom. The van der Waals surface area contributed by atoms with Crippen molar-refractivity contribution in [2.75, 3.05) is 10.6 Å². The van der Waals surface area contributed by atoms with Gasteiger partial charge in [0.25, 0.3) is 5.69 Å². The molecule has 0 fully saturated rings. The van der Waals surface area contributed by atoms with Gasteiger partial charge in [-0.1, -0.05) is 43.1 Å². The third kappa shape index (κ3) is 5.75. The summed E-state index contributed by atoms with van der Waals surface area (Å²) < 4.78 is 1.99. The van der Waals surface area contributed by atoms with Crippen LogP contribution in [0, 0.1) is 17.0 Å². The van der Waals surface area contributed by atoms with E-state index in [1.54, 1.807) is 42.5 Å². The molecule has 0 atom stereocenters. The lowest BCUT2D eigenvalue weighted by Gasteiger charge is -2.11. The molecule has 35 heavy (non-hydrogen) atoms. The van der Waals surface area contributed by atoms with Crippen LogP contribution in [0.5, 0.6) is 0 Å². The highest BCUT2D eigenvalue weighted by atomic mass is 35.5. The number of hydrogen-bond donors (Lipinski definition) is 2. The van der Waals surface area contributed by atoms with Gasteiger partial charge in [-0.05, 0) is 43.2 Å². The Morgan fingerprint density at radius 3 is 2.66 bits per heavy atom. The number of nitro benzene ring substituents is 1. The van der Waals surface area contributed by atoms with Crippen molar-refractivity contribution in [3.63, 3.8) is 0 Å². The van der Waals surface area contributed by atoms with Crippen LogP contribution in [0.15, 0.2) is 54.6 Å². The van der Waals surface area contributed by atoms with Crippen LogP contribution < -0.4 is 10.6 Å². The molecule has 4 aromatic rings. The molecule has 0 aliphatic heterocycles. The molecule has 0 saturated heterocycles. The zero-order valence-corrected chi connectivity index (χ0v) is 20.2. The Hall–Kier alpha value is -3.98. The number of benzene rings is 2. The summed E-state index contributed by atoms with van der Waals surface area (Å²) in [5, 5.41) is 17.3. The number of hydrogen-bond acceptors (Lipinski definition) is 5. The van der Waals surface area contributed by atoms with Crippen molar-refractivity contribution in [2.45, 2.75) is 39.7 Å². The lowest BCUT2D eigenvalue weighted by atomic mass is 10.2. The number of halogens is 1. The van der Waals surface area contributed by atoms with E-state index in [4.69, 9.17) is 21.6 Å². The highest BCUT2D eigenvalue weighted by molar-refractivity contribution is 6.30. The predicted octanol–water partition coefficient (Wildman–Crippen LogP) is 6.34. The molecular formula is C25H25ClN6O3. The lowest BCUT2D eigenvalue weighted by Crippen LogP contribution is -2.20. The summed E-state index contributed by atoms with van der Waals surface area (Å²) in [5.41, 5.74) is 3.89. The van der Waals surface area contributed by atoms with Crippen LogP contribution in [0.4, 0.5) is 21.9 Å². The number of amides is 2. The van der Waals surface area contributed by atoms with E-state index in [1.807, 2.05) is 17.6 Å². The summed E-state index contributed by atoms with van der Waals surface area (Å²) in [4.78, 5) is 32.9. The summed E-state index contributed by atoms with van der Waals surface area (Å²) >= 11 is 5.99. The molecule has 0 aliphatic rings. The number of carbonyl (C=O) groups is 1. The van der Waals surface area contributed by atoms with Gasteiger partial charge < -0.3 is 15.2 Å². The second kappa shape index (κ2) is 10.5. The van der Waals surface area contributed by atoms with E-state index in [1.165, 1.54) is 6.07 Å². The normalized spacial score (nSPS) is 10.9. The average molecular weight is 493 g/mol. The molecule has 0 spiro atoms. The largest absolute Gasteiger partial charge is 0.323 e. The van der Waals surface area contributed by atoms with E-state index >= 15 is 0 Å². The highest BCUT2D eigenvalue weighted by Crippen LogP contribution is 2.25. The van der Waals surface area contributed by atoms with Crippen molar-refractivity contribution in [3.05, 3.63) is 86.8 Å². The predicted molar refractivity (Wildman–Crippen MR) is 137 cm³/mol. The van der Waals surface area contributed by atoms with Crippen molar-refractivity contribution in [1.82, 2.24) is 14.5 Å². The molecule has 0 aliphatic carbocycles. The third-order valence-electron chi connectivity index (χ3n) is 5.54. The summed E-state index contributed by atoms with van der Waals surface area (Å²) in [5.74, 6) is 0.848. The van der Waals surface area contributed by atoms with E-state index < -0.39 is 11.0 Å². The van der Waals surface area contributed by atoms with Gasteiger partial charge in [-0.2, -0.15) is 0 Å². The average Bonchev–Trinajstić information content (AvgIpc) is 3.14. The fourth-order valence-electron chi connectivity index (χ4n) is 3.80. The number of fused-ring (bicyclic) bond motifs is 1. The van der Waals surface area contributed by atoms with Crippen molar-refractivity contribution in [2.24, 2.45) is 0 Å². The van der Waals surface area contributed by atoms with Gasteiger partial charge in [0, 0.05) is 29.3 Å². The van der Waals surface area contributed by atoms with Crippen LogP contribution in [-0.4, -0.2) is 25.5 Å². The summed E-state index contributed by atoms with van der Waals surface area (Å²) in [7, 11) is 0. The lowest BCUT2D eigenvalue weighted by molar-refractivity contribution is -0.384. The maximum atomic E-state index is 12.5. The Labute approximate surface area is 207 Å². The van der Waals surface area contributed by atoms with Gasteiger partial charge >= 0.3 is 6.03 Å². The Bertz CT molecular complexity index is 1400. The number of carbonyl (C=O) groups excluding carboxylic acids is 1. The molecule has 2 amide bonds. The Morgan fingerprint density at radius 2 is 1.91 bits per heavy atom. The number of imidazole rings is 1. The molecule has 4 rings (SSSR count). The monoisotopic (exact) mass is 492 g/mol. The van der Waals surface area contributed by atoms with Crippen molar-refractivity contribution >= 4 is 45.9 Å². The SMILES string of the molecule is CCCCc1nc2cc(NC(=O)Nc3cccc(Cl)c3)c(C)nc2n1Cc1cccc([N+](=O)[O-])c1. The van der Waals surface area contributed by atoms with Crippen molar-refractivity contribution in [1.29, 1.82) is 0 Å². The van der Waals surface area contributed by atoms with Crippen LogP contribution in [0.2, 0.25) is 5.02 Å². The number of non-ortho nitro benzene ring substituents is 1. The standard InChI is InChI=1S/C25H25ClN6O3/c1-3-4-11-23-29-22-14-21(30-25(33)28-19-9-6-8-18(26)13-19)16(2)27-24(22)31(23)15-17-7-5-10-20(12-17)32(34)35/h5-10,12-14H,3-4,11,15H2,1-2H3,(H2,28,30,33). The van der Waals surface area contributed by atoms with Gasteiger partial charge in [0.15, 0.2) is 5.65 Å². The van der Waals surface area contributed by atoms with Crippen LogP contribution in [0.3, 0.4) is 0 Å². The van der Waals surface area contributed by atoms with E-state index in [0.29, 0.717) is 39.8 Å². The van der Waals surface area contributed by atoms with Crippen LogP contribution in [0.25, 0.3) is 11.2 Å². The molecule has 2 N–H and O–H groups in total. The van der Waals surface area contributed by atoms with E-state index in [9.17, 15) is 14.9 Å².